The Morgan fingerprint density at radius 2 is 1.69 bits per heavy atom. The van der Waals surface area contributed by atoms with E-state index >= 15 is 0 Å². The fraction of sp³-hybridized carbons (Fsp3) is 0.240. The predicted octanol–water partition coefficient (Wildman–Crippen LogP) is 4.67. The lowest BCUT2D eigenvalue weighted by Crippen LogP contribution is -2.40. The van der Waals surface area contributed by atoms with Crippen molar-refractivity contribution < 1.29 is 8.78 Å². The van der Waals surface area contributed by atoms with Gasteiger partial charge in [0.1, 0.15) is 35.2 Å². The lowest BCUT2D eigenvalue weighted by molar-refractivity contribution is 0.498. The van der Waals surface area contributed by atoms with Crippen LogP contribution >= 0.6 is 0 Å². The number of nitrogens with two attached hydrogens (primary N) is 1. The Morgan fingerprint density at radius 1 is 1.00 bits per heavy atom. The number of halogens is 2. The molecule has 5 nitrogen and oxygen atoms in total. The molecule has 0 atom stereocenters. The second kappa shape index (κ2) is 8.74. The third kappa shape index (κ3) is 3.91. The Kier molecular flexibility index (Phi) is 5.85. The molecule has 0 aliphatic carbocycles. The van der Waals surface area contributed by atoms with E-state index in [2.05, 4.69) is 11.1 Å². The van der Waals surface area contributed by atoms with Gasteiger partial charge >= 0.3 is 0 Å². The predicted molar refractivity (Wildman–Crippen MR) is 119 cm³/mol. The number of hydrogen-bond donors (Lipinski definition) is 1. The fourth-order valence-corrected chi connectivity index (χ4v) is 4.00. The van der Waals surface area contributed by atoms with E-state index in [4.69, 9.17) is 11.0 Å². The largest absolute Gasteiger partial charge is 0.355 e. The molecule has 1 aliphatic heterocycles. The van der Waals surface area contributed by atoms with Crippen molar-refractivity contribution in [1.29, 1.82) is 10.5 Å². The van der Waals surface area contributed by atoms with Crippen LogP contribution in [0, 0.1) is 41.2 Å². The molecule has 0 radical (unpaired) electrons. The maximum absolute atomic E-state index is 14.5. The number of rotatable bonds is 3. The average Bonchev–Trinajstić information content (AvgIpc) is 2.80. The third-order valence-corrected chi connectivity index (χ3v) is 5.87. The van der Waals surface area contributed by atoms with Crippen LogP contribution in [0.15, 0.2) is 42.6 Å². The molecule has 2 heterocycles. The quantitative estimate of drug-likeness (QED) is 0.653. The summed E-state index contributed by atoms with van der Waals surface area (Å²) in [5, 5.41) is 19.2. The van der Waals surface area contributed by atoms with Gasteiger partial charge in [-0.2, -0.15) is 10.5 Å². The van der Waals surface area contributed by atoms with Crippen LogP contribution < -0.4 is 10.6 Å². The molecule has 1 aliphatic rings. The second-order valence-electron chi connectivity index (χ2n) is 7.95. The van der Waals surface area contributed by atoms with Crippen LogP contribution in [0.1, 0.15) is 29.5 Å². The average molecular weight is 429 g/mol. The topological polar surface area (TPSA) is 89.7 Å². The van der Waals surface area contributed by atoms with Crippen molar-refractivity contribution in [2.75, 3.05) is 18.0 Å². The highest BCUT2D eigenvalue weighted by Gasteiger charge is 2.25. The van der Waals surface area contributed by atoms with Crippen molar-refractivity contribution in [3.8, 4) is 34.4 Å². The molecule has 32 heavy (non-hydrogen) atoms. The van der Waals surface area contributed by atoms with Gasteiger partial charge in [0, 0.05) is 36.5 Å². The summed E-state index contributed by atoms with van der Waals surface area (Å²) in [5.41, 5.74) is 8.64. The summed E-state index contributed by atoms with van der Waals surface area (Å²) in [6.45, 7) is 2.98. The van der Waals surface area contributed by atoms with Gasteiger partial charge in [-0.05, 0) is 54.7 Å². The van der Waals surface area contributed by atoms with Crippen molar-refractivity contribution in [3.05, 3.63) is 70.9 Å². The van der Waals surface area contributed by atoms with Crippen LogP contribution in [0.25, 0.3) is 22.3 Å². The zero-order valence-electron chi connectivity index (χ0n) is 17.6. The molecule has 1 aromatic heterocycles. The Morgan fingerprint density at radius 3 is 2.31 bits per heavy atom. The van der Waals surface area contributed by atoms with Crippen molar-refractivity contribution in [2.45, 2.75) is 25.8 Å². The molecule has 3 aromatic rings. The molecule has 0 unspecified atom stereocenters. The summed E-state index contributed by atoms with van der Waals surface area (Å²) in [7, 11) is 0. The van der Waals surface area contributed by atoms with E-state index < -0.39 is 5.82 Å². The molecule has 0 spiro atoms. The van der Waals surface area contributed by atoms with E-state index in [1.807, 2.05) is 11.0 Å². The third-order valence-electron chi connectivity index (χ3n) is 5.87. The number of pyridine rings is 1. The van der Waals surface area contributed by atoms with Gasteiger partial charge < -0.3 is 10.6 Å². The minimum absolute atomic E-state index is 0.0884. The van der Waals surface area contributed by atoms with Crippen LogP contribution in [-0.4, -0.2) is 24.1 Å². The van der Waals surface area contributed by atoms with Crippen LogP contribution in [0.3, 0.4) is 0 Å². The number of nitrogens with zero attached hydrogens (tertiary/aromatic N) is 4. The normalized spacial score (nSPS) is 14.1. The van der Waals surface area contributed by atoms with E-state index in [-0.39, 0.29) is 23.0 Å². The first-order valence-corrected chi connectivity index (χ1v) is 10.3. The number of benzene rings is 2. The van der Waals surface area contributed by atoms with Crippen LogP contribution in [-0.2, 0) is 0 Å². The van der Waals surface area contributed by atoms with Crippen molar-refractivity contribution in [1.82, 2.24) is 4.98 Å². The summed E-state index contributed by atoms with van der Waals surface area (Å²) in [6.07, 6.45) is 3.15. The van der Waals surface area contributed by atoms with E-state index in [1.165, 1.54) is 18.2 Å². The van der Waals surface area contributed by atoms with Gasteiger partial charge in [-0.25, -0.2) is 13.8 Å². The number of aromatic nitrogens is 1. The Hall–Kier alpha value is -3.81. The zero-order valence-corrected chi connectivity index (χ0v) is 17.6. The van der Waals surface area contributed by atoms with Crippen LogP contribution in [0.5, 0.6) is 0 Å². The lowest BCUT2D eigenvalue weighted by Gasteiger charge is -2.32. The summed E-state index contributed by atoms with van der Waals surface area (Å²) in [5.74, 6) is -0.570. The molecule has 2 aromatic carbocycles. The maximum Gasteiger partial charge on any atom is 0.147 e. The second-order valence-corrected chi connectivity index (χ2v) is 7.95. The first-order valence-electron chi connectivity index (χ1n) is 10.3. The van der Waals surface area contributed by atoms with Crippen LogP contribution in [0.4, 0.5) is 14.6 Å². The number of piperidine rings is 1. The van der Waals surface area contributed by atoms with Crippen molar-refractivity contribution >= 4 is 5.82 Å². The SMILES string of the molecule is Cc1ccc(-c2cnc(N3CCC(N)CC3)c(C#N)c2-c2ccc(C#N)c(F)c2)cc1F. The molecule has 4 rings (SSSR count). The van der Waals surface area contributed by atoms with Gasteiger partial charge in [0.25, 0.3) is 0 Å². The smallest absolute Gasteiger partial charge is 0.147 e. The monoisotopic (exact) mass is 429 g/mol. The molecule has 0 amide bonds. The minimum atomic E-state index is -0.683. The zero-order chi connectivity index (χ0) is 22.8. The molecule has 1 fully saturated rings. The number of anilines is 1. The maximum atomic E-state index is 14.5. The molecule has 1 saturated heterocycles. The molecule has 7 heteroatoms. The first-order chi connectivity index (χ1) is 15.4. The number of nitriles is 2. The fourth-order valence-electron chi connectivity index (χ4n) is 4.00. The minimum Gasteiger partial charge on any atom is -0.355 e. The van der Waals surface area contributed by atoms with Gasteiger partial charge in [-0.3, -0.25) is 0 Å². The summed E-state index contributed by atoms with van der Waals surface area (Å²) >= 11 is 0. The number of aryl methyl sites for hydroxylation is 1. The van der Waals surface area contributed by atoms with Crippen molar-refractivity contribution in [2.24, 2.45) is 5.73 Å². The molecule has 2 N–H and O–H groups in total. The van der Waals surface area contributed by atoms with Crippen molar-refractivity contribution in [3.63, 3.8) is 0 Å². The summed E-state index contributed by atoms with van der Waals surface area (Å²) in [4.78, 5) is 6.57. The molecule has 160 valence electrons. The lowest BCUT2D eigenvalue weighted by atomic mass is 9.91. The van der Waals surface area contributed by atoms with Gasteiger partial charge in [-0.1, -0.05) is 18.2 Å². The Bertz CT molecular complexity index is 1260. The van der Waals surface area contributed by atoms with Gasteiger partial charge in [0.15, 0.2) is 0 Å². The van der Waals surface area contributed by atoms with Gasteiger partial charge in [0.05, 0.1) is 5.56 Å². The molecule has 0 saturated carbocycles. The first kappa shape index (κ1) is 21.4. The summed E-state index contributed by atoms with van der Waals surface area (Å²) < 4.78 is 28.9. The summed E-state index contributed by atoms with van der Waals surface area (Å²) in [6, 6.07) is 13.2. The van der Waals surface area contributed by atoms with Crippen LogP contribution in [0.2, 0.25) is 0 Å². The highest BCUT2D eigenvalue weighted by atomic mass is 19.1. The molecular formula is C25H21F2N5. The standard InChI is InChI=1S/C25H21F2N5/c1-15-2-3-16(10-22(15)26)21-14-31-25(32-8-6-19(30)7-9-32)20(13-29)24(21)17-4-5-18(12-28)23(27)11-17/h2-5,10-11,14,19H,6-9,30H2,1H3. The molecular weight excluding hydrogens is 408 g/mol. The van der Waals surface area contributed by atoms with E-state index in [9.17, 15) is 14.0 Å². The number of hydrogen-bond acceptors (Lipinski definition) is 5. The highest BCUT2D eigenvalue weighted by molar-refractivity contribution is 5.90. The Labute approximate surface area is 185 Å². The molecule has 0 bridgehead atoms. The van der Waals surface area contributed by atoms with Gasteiger partial charge in [0.2, 0.25) is 0 Å². The van der Waals surface area contributed by atoms with E-state index in [0.29, 0.717) is 46.7 Å². The highest BCUT2D eigenvalue weighted by Crippen LogP contribution is 2.39. The Balaban J connectivity index is 1.96. The van der Waals surface area contributed by atoms with E-state index in [0.717, 1.165) is 12.8 Å². The van der Waals surface area contributed by atoms with E-state index in [1.54, 1.807) is 31.3 Å². The van der Waals surface area contributed by atoms with Gasteiger partial charge in [-0.15, -0.1) is 0 Å².